The van der Waals surface area contributed by atoms with Gasteiger partial charge >= 0.3 is 0 Å². The van der Waals surface area contributed by atoms with Gasteiger partial charge in [-0.15, -0.1) is 0 Å². The Bertz CT molecular complexity index is 966. The number of hydrazone groups is 1. The molecule has 2 aromatic carbocycles. The highest BCUT2D eigenvalue weighted by molar-refractivity contribution is 7.92. The number of amides is 1. The van der Waals surface area contributed by atoms with Crippen LogP contribution in [0.3, 0.4) is 0 Å². The van der Waals surface area contributed by atoms with Gasteiger partial charge in [0.25, 0.3) is 15.9 Å². The third kappa shape index (κ3) is 5.30. The first-order valence-electron chi connectivity index (χ1n) is 8.26. The second-order valence-corrected chi connectivity index (χ2v) is 8.63. The molecule has 0 spiro atoms. The third-order valence-corrected chi connectivity index (χ3v) is 5.91. The fourth-order valence-electron chi connectivity index (χ4n) is 2.27. The average molecular weight is 408 g/mol. The van der Waals surface area contributed by atoms with Crippen LogP contribution in [-0.4, -0.2) is 26.6 Å². The molecular weight excluding hydrogens is 386 g/mol. The first kappa shape index (κ1) is 20.9. The first-order chi connectivity index (χ1) is 12.6. The Hall–Kier alpha value is -2.38. The second-order valence-electron chi connectivity index (χ2n) is 6.33. The Morgan fingerprint density at radius 3 is 2.26 bits per heavy atom. The predicted molar refractivity (Wildman–Crippen MR) is 109 cm³/mol. The molecule has 8 heteroatoms. The molecule has 0 heterocycles. The van der Waals surface area contributed by atoms with E-state index in [0.717, 1.165) is 15.4 Å². The Kier molecular flexibility index (Phi) is 6.62. The van der Waals surface area contributed by atoms with Gasteiger partial charge in [-0.2, -0.15) is 5.10 Å². The van der Waals surface area contributed by atoms with Gasteiger partial charge in [0.15, 0.2) is 0 Å². The van der Waals surface area contributed by atoms with Crippen molar-refractivity contribution in [1.82, 2.24) is 5.43 Å². The van der Waals surface area contributed by atoms with Gasteiger partial charge in [0.05, 0.1) is 10.6 Å². The van der Waals surface area contributed by atoms with Crippen LogP contribution < -0.4 is 9.73 Å². The lowest BCUT2D eigenvalue weighted by molar-refractivity contribution is -0.119. The predicted octanol–water partition coefficient (Wildman–Crippen LogP) is 3.66. The highest BCUT2D eigenvalue weighted by Gasteiger charge is 2.27. The number of benzene rings is 2. The van der Waals surface area contributed by atoms with E-state index in [-0.39, 0.29) is 4.90 Å². The van der Waals surface area contributed by atoms with E-state index in [2.05, 4.69) is 10.5 Å². The van der Waals surface area contributed by atoms with E-state index in [1.807, 2.05) is 19.9 Å². The highest BCUT2D eigenvalue weighted by atomic mass is 35.5. The minimum absolute atomic E-state index is 0.0492. The molecule has 0 saturated carbocycles. The van der Waals surface area contributed by atoms with Gasteiger partial charge in [-0.25, -0.2) is 13.8 Å². The fourth-order valence-corrected chi connectivity index (χ4v) is 3.81. The van der Waals surface area contributed by atoms with E-state index in [1.54, 1.807) is 26.0 Å². The van der Waals surface area contributed by atoms with Crippen LogP contribution in [0.5, 0.6) is 0 Å². The van der Waals surface area contributed by atoms with Gasteiger partial charge in [0.1, 0.15) is 6.54 Å². The maximum atomic E-state index is 13.2. The average Bonchev–Trinajstić information content (AvgIpc) is 2.60. The molecule has 6 nitrogen and oxygen atoms in total. The van der Waals surface area contributed by atoms with Crippen molar-refractivity contribution in [3.8, 4) is 0 Å². The van der Waals surface area contributed by atoms with Crippen LogP contribution in [0.4, 0.5) is 5.69 Å². The summed E-state index contributed by atoms with van der Waals surface area (Å²) in [6.07, 6.45) is 0. The maximum Gasteiger partial charge on any atom is 0.264 e. The smallest absolute Gasteiger partial charge is 0.264 e. The van der Waals surface area contributed by atoms with Crippen molar-refractivity contribution in [3.63, 3.8) is 0 Å². The molecule has 0 aliphatic rings. The molecule has 0 aliphatic heterocycles. The van der Waals surface area contributed by atoms with Crippen molar-refractivity contribution in [3.05, 3.63) is 58.6 Å². The quantitative estimate of drug-likeness (QED) is 0.586. The van der Waals surface area contributed by atoms with E-state index >= 15 is 0 Å². The Labute approximate surface area is 164 Å². The van der Waals surface area contributed by atoms with Gasteiger partial charge in [-0.05, 0) is 75.2 Å². The molecule has 2 rings (SSSR count). The summed E-state index contributed by atoms with van der Waals surface area (Å²) in [5.74, 6) is -0.535. The van der Waals surface area contributed by atoms with E-state index < -0.39 is 22.5 Å². The summed E-state index contributed by atoms with van der Waals surface area (Å²) in [6.45, 7) is 6.88. The van der Waals surface area contributed by atoms with E-state index in [4.69, 9.17) is 11.6 Å². The lowest BCUT2D eigenvalue weighted by Crippen LogP contribution is -2.39. The molecule has 0 fully saturated rings. The summed E-state index contributed by atoms with van der Waals surface area (Å²) >= 11 is 5.86. The van der Waals surface area contributed by atoms with E-state index in [9.17, 15) is 13.2 Å². The van der Waals surface area contributed by atoms with Gasteiger partial charge in [-0.1, -0.05) is 17.7 Å². The number of hydrogen-bond donors (Lipinski definition) is 1. The van der Waals surface area contributed by atoms with Crippen molar-refractivity contribution in [1.29, 1.82) is 0 Å². The number of carbonyl (C=O) groups excluding carboxylic acids is 1. The number of halogens is 1. The van der Waals surface area contributed by atoms with Crippen LogP contribution in [0.15, 0.2) is 52.5 Å². The lowest BCUT2D eigenvalue weighted by atomic mass is 10.1. The molecule has 2 aromatic rings. The molecule has 0 saturated heterocycles. The number of sulfonamides is 1. The normalized spacial score (nSPS) is 11.0. The maximum absolute atomic E-state index is 13.2. The lowest BCUT2D eigenvalue weighted by Gasteiger charge is -2.24. The molecule has 1 N–H and O–H groups in total. The SMILES string of the molecule is CC(C)=NNC(=O)CN(c1ccc(C)c(C)c1)S(=O)(=O)c1ccc(Cl)cc1. The summed E-state index contributed by atoms with van der Waals surface area (Å²) in [6, 6.07) is 11.1. The topological polar surface area (TPSA) is 78.8 Å². The number of anilines is 1. The van der Waals surface area contributed by atoms with Crippen LogP contribution in [0.2, 0.25) is 5.02 Å². The molecule has 0 unspecified atom stereocenters. The molecule has 0 aromatic heterocycles. The highest BCUT2D eigenvalue weighted by Crippen LogP contribution is 2.26. The van der Waals surface area contributed by atoms with Crippen LogP contribution in [0, 0.1) is 13.8 Å². The first-order valence-corrected chi connectivity index (χ1v) is 10.1. The van der Waals surface area contributed by atoms with Gasteiger partial charge in [0, 0.05) is 10.7 Å². The van der Waals surface area contributed by atoms with Crippen molar-refractivity contribution in [2.75, 3.05) is 10.8 Å². The summed E-state index contributed by atoms with van der Waals surface area (Å²) in [7, 11) is -3.97. The monoisotopic (exact) mass is 407 g/mol. The number of carbonyl (C=O) groups is 1. The molecule has 0 radical (unpaired) electrons. The number of hydrogen-bond acceptors (Lipinski definition) is 4. The van der Waals surface area contributed by atoms with Crippen molar-refractivity contribution in [2.24, 2.45) is 5.10 Å². The third-order valence-electron chi connectivity index (χ3n) is 3.87. The Balaban J connectivity index is 2.48. The Morgan fingerprint density at radius 1 is 1.07 bits per heavy atom. The molecule has 27 heavy (non-hydrogen) atoms. The van der Waals surface area contributed by atoms with Crippen molar-refractivity contribution in [2.45, 2.75) is 32.6 Å². The molecule has 0 aliphatic carbocycles. The standard InChI is InChI=1S/C19H22ClN3O3S/c1-13(2)21-22-19(24)12-23(17-8-5-14(3)15(4)11-17)27(25,26)18-9-6-16(20)7-10-18/h5-11H,12H2,1-4H3,(H,22,24). The van der Waals surface area contributed by atoms with E-state index in [0.29, 0.717) is 16.4 Å². The second kappa shape index (κ2) is 8.54. The summed E-state index contributed by atoms with van der Waals surface area (Å²) in [5, 5.41) is 4.28. The Morgan fingerprint density at radius 2 is 1.70 bits per heavy atom. The van der Waals surface area contributed by atoms with Crippen LogP contribution in [0.1, 0.15) is 25.0 Å². The van der Waals surface area contributed by atoms with Crippen molar-refractivity contribution < 1.29 is 13.2 Å². The minimum Gasteiger partial charge on any atom is -0.271 e. The number of nitrogens with zero attached hydrogens (tertiary/aromatic N) is 2. The van der Waals surface area contributed by atoms with Crippen molar-refractivity contribution >= 4 is 38.9 Å². The molecular formula is C19H22ClN3O3S. The van der Waals surface area contributed by atoms with Gasteiger partial charge < -0.3 is 0 Å². The summed E-state index contributed by atoms with van der Waals surface area (Å²) in [5.41, 5.74) is 5.37. The number of aryl methyl sites for hydroxylation is 2. The van der Waals surface area contributed by atoms with Crippen LogP contribution in [-0.2, 0) is 14.8 Å². The molecule has 1 amide bonds. The molecule has 144 valence electrons. The van der Waals surface area contributed by atoms with Gasteiger partial charge in [0.2, 0.25) is 0 Å². The summed E-state index contributed by atoms with van der Waals surface area (Å²) in [4.78, 5) is 12.3. The number of rotatable bonds is 6. The molecule has 0 atom stereocenters. The van der Waals surface area contributed by atoms with Gasteiger partial charge in [-0.3, -0.25) is 9.10 Å². The fraction of sp³-hybridized carbons (Fsp3) is 0.263. The van der Waals surface area contributed by atoms with E-state index in [1.165, 1.54) is 24.3 Å². The number of nitrogens with one attached hydrogen (secondary N) is 1. The zero-order valence-corrected chi connectivity index (χ0v) is 17.2. The zero-order valence-electron chi connectivity index (χ0n) is 15.7. The van der Waals surface area contributed by atoms with Crippen LogP contribution in [0.25, 0.3) is 0 Å². The van der Waals surface area contributed by atoms with Crippen LogP contribution >= 0.6 is 11.6 Å². The summed E-state index contributed by atoms with van der Waals surface area (Å²) < 4.78 is 27.4. The molecule has 0 bridgehead atoms. The largest absolute Gasteiger partial charge is 0.271 e. The zero-order chi connectivity index (χ0) is 20.2. The minimum atomic E-state index is -3.97.